The Bertz CT molecular complexity index is 605. The second kappa shape index (κ2) is 4.09. The van der Waals surface area contributed by atoms with Gasteiger partial charge in [0, 0.05) is 5.56 Å². The molecule has 0 fully saturated rings. The van der Waals surface area contributed by atoms with Gasteiger partial charge in [0.1, 0.15) is 25.3 Å². The molecule has 0 aliphatic heterocycles. The predicted molar refractivity (Wildman–Crippen MR) is 60.2 cm³/mol. The molecule has 1 aromatic carbocycles. The van der Waals surface area contributed by atoms with Crippen molar-refractivity contribution in [3.8, 4) is 17.1 Å². The van der Waals surface area contributed by atoms with E-state index in [4.69, 9.17) is 0 Å². The molecule has 82 valence electrons. The lowest BCUT2D eigenvalue weighted by Crippen LogP contribution is -1.95. The molecular weight excluding hydrogens is 216 g/mol. The van der Waals surface area contributed by atoms with Crippen LogP contribution in [0.4, 0.5) is 0 Å². The standard InChI is InChI=1S/C11H8N6/c1-2-9(11-14-5-12-6-15-11)4-10(3-1)17-8-13-7-16-17/h1-8H. The smallest absolute Gasteiger partial charge is 0.162 e. The van der Waals surface area contributed by atoms with Gasteiger partial charge in [0.05, 0.1) is 5.69 Å². The summed E-state index contributed by atoms with van der Waals surface area (Å²) in [5.41, 5.74) is 1.83. The molecule has 0 spiro atoms. The van der Waals surface area contributed by atoms with Crippen LogP contribution >= 0.6 is 0 Å². The predicted octanol–water partition coefficient (Wildman–Crippen LogP) is 1.12. The zero-order chi connectivity index (χ0) is 11.5. The Labute approximate surface area is 97.0 Å². The van der Waals surface area contributed by atoms with Gasteiger partial charge in [0.25, 0.3) is 0 Å². The van der Waals surface area contributed by atoms with E-state index in [0.717, 1.165) is 11.3 Å². The molecule has 2 aromatic heterocycles. The van der Waals surface area contributed by atoms with Gasteiger partial charge in [-0.05, 0) is 12.1 Å². The fourth-order valence-corrected chi connectivity index (χ4v) is 1.52. The van der Waals surface area contributed by atoms with Gasteiger partial charge in [-0.2, -0.15) is 5.10 Å². The summed E-state index contributed by atoms with van der Waals surface area (Å²) in [6.07, 6.45) is 6.09. The van der Waals surface area contributed by atoms with Crippen LogP contribution in [0.5, 0.6) is 0 Å². The van der Waals surface area contributed by atoms with Crippen LogP contribution in [-0.4, -0.2) is 29.7 Å². The normalized spacial score (nSPS) is 10.4. The Hall–Kier alpha value is -2.63. The van der Waals surface area contributed by atoms with E-state index in [0.29, 0.717) is 5.82 Å². The molecule has 6 nitrogen and oxygen atoms in total. The third-order valence-electron chi connectivity index (χ3n) is 2.28. The van der Waals surface area contributed by atoms with Crippen molar-refractivity contribution in [1.29, 1.82) is 0 Å². The minimum atomic E-state index is 0.641. The summed E-state index contributed by atoms with van der Waals surface area (Å²) in [6.45, 7) is 0. The number of benzene rings is 1. The highest BCUT2D eigenvalue weighted by Gasteiger charge is 2.02. The Morgan fingerprint density at radius 1 is 0.941 bits per heavy atom. The highest BCUT2D eigenvalue weighted by atomic mass is 15.3. The Morgan fingerprint density at radius 2 is 1.82 bits per heavy atom. The first-order chi connectivity index (χ1) is 8.43. The van der Waals surface area contributed by atoms with Gasteiger partial charge in [-0.3, -0.25) is 0 Å². The van der Waals surface area contributed by atoms with E-state index in [1.54, 1.807) is 11.0 Å². The highest BCUT2D eigenvalue weighted by molar-refractivity contribution is 5.58. The van der Waals surface area contributed by atoms with Crippen LogP contribution < -0.4 is 0 Å². The number of nitrogens with zero attached hydrogens (tertiary/aromatic N) is 6. The third-order valence-corrected chi connectivity index (χ3v) is 2.28. The third kappa shape index (κ3) is 1.87. The quantitative estimate of drug-likeness (QED) is 0.652. The van der Waals surface area contributed by atoms with E-state index < -0.39 is 0 Å². The minimum Gasteiger partial charge on any atom is -0.225 e. The van der Waals surface area contributed by atoms with Crippen LogP contribution in [-0.2, 0) is 0 Å². The fraction of sp³-hybridized carbons (Fsp3) is 0. The van der Waals surface area contributed by atoms with Crippen LogP contribution in [0.3, 0.4) is 0 Å². The molecule has 17 heavy (non-hydrogen) atoms. The molecule has 0 saturated carbocycles. The van der Waals surface area contributed by atoms with E-state index >= 15 is 0 Å². The summed E-state index contributed by atoms with van der Waals surface area (Å²) in [7, 11) is 0. The first-order valence-corrected chi connectivity index (χ1v) is 5.01. The molecule has 0 saturated heterocycles. The summed E-state index contributed by atoms with van der Waals surface area (Å²) in [6, 6.07) is 7.76. The number of aromatic nitrogens is 6. The van der Waals surface area contributed by atoms with Crippen molar-refractivity contribution < 1.29 is 0 Å². The van der Waals surface area contributed by atoms with Crippen LogP contribution in [0.25, 0.3) is 17.1 Å². The Balaban J connectivity index is 2.06. The molecule has 0 radical (unpaired) electrons. The lowest BCUT2D eigenvalue weighted by Gasteiger charge is -2.03. The largest absolute Gasteiger partial charge is 0.225 e. The molecule has 0 aliphatic carbocycles. The molecule has 2 heterocycles. The van der Waals surface area contributed by atoms with Gasteiger partial charge >= 0.3 is 0 Å². The van der Waals surface area contributed by atoms with Gasteiger partial charge in [-0.25, -0.2) is 24.6 Å². The number of hydrogen-bond acceptors (Lipinski definition) is 5. The maximum Gasteiger partial charge on any atom is 0.162 e. The number of hydrogen-bond donors (Lipinski definition) is 0. The molecule has 0 aliphatic rings. The first kappa shape index (κ1) is 9.59. The average molecular weight is 224 g/mol. The molecule has 3 rings (SSSR count). The van der Waals surface area contributed by atoms with E-state index in [1.807, 2.05) is 24.3 Å². The maximum absolute atomic E-state index is 4.10. The SMILES string of the molecule is c1cc(-c2ncncn2)cc(-n2cncn2)c1. The summed E-state index contributed by atoms with van der Waals surface area (Å²) >= 11 is 0. The van der Waals surface area contributed by atoms with Gasteiger partial charge in [-0.15, -0.1) is 0 Å². The number of rotatable bonds is 2. The van der Waals surface area contributed by atoms with Gasteiger partial charge in [0.15, 0.2) is 5.82 Å². The van der Waals surface area contributed by atoms with Crippen molar-refractivity contribution in [1.82, 2.24) is 29.7 Å². The van der Waals surface area contributed by atoms with Gasteiger partial charge < -0.3 is 0 Å². The van der Waals surface area contributed by atoms with E-state index in [1.165, 1.54) is 19.0 Å². The van der Waals surface area contributed by atoms with Crippen LogP contribution in [0.1, 0.15) is 0 Å². The highest BCUT2D eigenvalue weighted by Crippen LogP contribution is 2.16. The molecule has 3 aromatic rings. The second-order valence-corrected chi connectivity index (χ2v) is 3.35. The van der Waals surface area contributed by atoms with Crippen molar-refractivity contribution in [2.75, 3.05) is 0 Å². The minimum absolute atomic E-state index is 0.641. The molecule has 0 atom stereocenters. The van der Waals surface area contributed by atoms with Crippen molar-refractivity contribution in [2.45, 2.75) is 0 Å². The summed E-state index contributed by atoms with van der Waals surface area (Å²) in [4.78, 5) is 15.9. The topological polar surface area (TPSA) is 69.4 Å². The van der Waals surface area contributed by atoms with Crippen LogP contribution in [0.2, 0.25) is 0 Å². The van der Waals surface area contributed by atoms with E-state index in [9.17, 15) is 0 Å². The zero-order valence-corrected chi connectivity index (χ0v) is 8.80. The van der Waals surface area contributed by atoms with Crippen molar-refractivity contribution >= 4 is 0 Å². The second-order valence-electron chi connectivity index (χ2n) is 3.35. The summed E-state index contributed by atoms with van der Waals surface area (Å²) in [5, 5.41) is 4.07. The maximum atomic E-state index is 4.10. The Kier molecular flexibility index (Phi) is 2.31. The van der Waals surface area contributed by atoms with E-state index in [-0.39, 0.29) is 0 Å². The molecule has 0 bridgehead atoms. The van der Waals surface area contributed by atoms with Crippen LogP contribution in [0.15, 0.2) is 49.6 Å². The molecular formula is C11H8N6. The Morgan fingerprint density at radius 3 is 2.59 bits per heavy atom. The zero-order valence-electron chi connectivity index (χ0n) is 8.80. The van der Waals surface area contributed by atoms with Crippen LogP contribution in [0, 0.1) is 0 Å². The van der Waals surface area contributed by atoms with E-state index in [2.05, 4.69) is 25.0 Å². The van der Waals surface area contributed by atoms with Gasteiger partial charge in [0.2, 0.25) is 0 Å². The lowest BCUT2D eigenvalue weighted by molar-refractivity contribution is 0.879. The van der Waals surface area contributed by atoms with Crippen molar-refractivity contribution in [3.63, 3.8) is 0 Å². The van der Waals surface area contributed by atoms with Crippen molar-refractivity contribution in [2.24, 2.45) is 0 Å². The fourth-order valence-electron chi connectivity index (χ4n) is 1.52. The molecule has 0 N–H and O–H groups in total. The molecule has 0 unspecified atom stereocenters. The first-order valence-electron chi connectivity index (χ1n) is 5.01. The monoisotopic (exact) mass is 224 g/mol. The lowest BCUT2D eigenvalue weighted by atomic mass is 10.2. The average Bonchev–Trinajstić information content (AvgIpc) is 2.94. The molecule has 6 heteroatoms. The summed E-state index contributed by atoms with van der Waals surface area (Å²) < 4.78 is 1.69. The van der Waals surface area contributed by atoms with Gasteiger partial charge in [-0.1, -0.05) is 12.1 Å². The van der Waals surface area contributed by atoms with Crippen molar-refractivity contribution in [3.05, 3.63) is 49.6 Å². The summed E-state index contributed by atoms with van der Waals surface area (Å²) in [5.74, 6) is 0.641. The molecule has 0 amide bonds.